The lowest BCUT2D eigenvalue weighted by molar-refractivity contribution is 0.155. The summed E-state index contributed by atoms with van der Waals surface area (Å²) in [5, 5.41) is 3.38. The molecule has 3 N–H and O–H groups in total. The van der Waals surface area contributed by atoms with E-state index >= 15 is 0 Å². The Morgan fingerprint density at radius 2 is 1.54 bits per heavy atom. The molecule has 7 rings (SSSR count). The molecule has 4 aliphatic rings. The molecule has 1 aromatic carbocycles. The van der Waals surface area contributed by atoms with Crippen LogP contribution in [0.1, 0.15) is 125 Å². The maximum atomic E-state index is 6.15. The highest BCUT2D eigenvalue weighted by Gasteiger charge is 2.39. The number of benzene rings is 1. The highest BCUT2D eigenvalue weighted by atomic mass is 16.5. The van der Waals surface area contributed by atoms with Gasteiger partial charge in [0, 0.05) is 65.5 Å². The number of hydrogen-bond acceptors (Lipinski definition) is 9. The first-order chi connectivity index (χ1) is 25.6. The molecule has 3 aromatic rings. The molecule has 4 heterocycles. The average molecular weight is 736 g/mol. The van der Waals surface area contributed by atoms with E-state index in [-0.39, 0.29) is 28.5 Å². The van der Waals surface area contributed by atoms with Gasteiger partial charge in [0.25, 0.3) is 0 Å². The largest absolute Gasteiger partial charge is 0.491 e. The molecule has 1 atom stereocenters. The zero-order chi connectivity index (χ0) is 38.7. The Labute approximate surface area is 324 Å². The van der Waals surface area contributed by atoms with Crippen LogP contribution in [0, 0.1) is 10.8 Å². The van der Waals surface area contributed by atoms with Crippen LogP contribution in [0.25, 0.3) is 11.3 Å². The van der Waals surface area contributed by atoms with Crippen LogP contribution in [0.4, 0.5) is 5.95 Å². The topological polar surface area (TPSA) is 111 Å². The van der Waals surface area contributed by atoms with E-state index in [0.717, 1.165) is 106 Å². The van der Waals surface area contributed by atoms with Crippen LogP contribution in [-0.4, -0.2) is 64.4 Å². The summed E-state index contributed by atoms with van der Waals surface area (Å²) in [7, 11) is 0. The number of aromatic nitrogens is 4. The van der Waals surface area contributed by atoms with E-state index in [9.17, 15) is 0 Å². The molecular weight excluding hydrogens is 671 g/mol. The molecule has 0 amide bonds. The molecule has 0 radical (unpaired) electrons. The Morgan fingerprint density at radius 1 is 0.852 bits per heavy atom. The zero-order valence-corrected chi connectivity index (χ0v) is 34.4. The number of nitrogens with zero attached hydrogens (tertiary/aromatic N) is 5. The quantitative estimate of drug-likeness (QED) is 0.230. The molecule has 2 aliphatic carbocycles. The Hall–Kier alpha value is -3.82. The Bertz CT molecular complexity index is 1790. The summed E-state index contributed by atoms with van der Waals surface area (Å²) in [6, 6.07) is 10.5. The Morgan fingerprint density at radius 3 is 2.22 bits per heavy atom. The third-order valence-corrected chi connectivity index (χ3v) is 11.5. The Kier molecular flexibility index (Phi) is 12.2. The van der Waals surface area contributed by atoms with Crippen molar-refractivity contribution in [1.82, 2.24) is 25.3 Å². The minimum atomic E-state index is -0.0148. The molecule has 1 unspecified atom stereocenters. The fraction of sp³-hybridized carbons (Fsp3) is 0.600. The van der Waals surface area contributed by atoms with Crippen molar-refractivity contribution in [2.24, 2.45) is 16.6 Å². The first-order valence-electron chi connectivity index (χ1n) is 20.4. The number of hydrogen-bond donors (Lipinski definition) is 2. The van der Waals surface area contributed by atoms with Gasteiger partial charge in [0.15, 0.2) is 0 Å². The standard InChI is InChI=1S/C23H33N3O.C22H32N4O/c1-22(2)10-11-23(3,4)19-15-16(5-6-18(19)22)21-25-14-9-20(26-21)27-17-7-12-24-13-8-17;1-15(2)27-20-7-6-16(14-18(20)22(3,4)5)19-8-11-24-21(25-19)26-12-9-17(23)10-13-26/h9-11,14,16-17,24H,5-8,12-13,15H2,1-4H3;6-8,11,14-15,17H,9-10,12-13,23H2,1-5H3. The molecule has 0 saturated carbocycles. The van der Waals surface area contributed by atoms with Gasteiger partial charge in [-0.2, -0.15) is 4.98 Å². The maximum absolute atomic E-state index is 6.15. The van der Waals surface area contributed by atoms with Gasteiger partial charge >= 0.3 is 0 Å². The van der Waals surface area contributed by atoms with E-state index in [1.54, 1.807) is 11.1 Å². The van der Waals surface area contributed by atoms with Gasteiger partial charge in [-0.1, -0.05) is 71.8 Å². The van der Waals surface area contributed by atoms with Crippen molar-refractivity contribution in [3.8, 4) is 22.9 Å². The summed E-state index contributed by atoms with van der Waals surface area (Å²) in [6.07, 6.45) is 16.3. The molecule has 2 aliphatic heterocycles. The molecule has 2 saturated heterocycles. The van der Waals surface area contributed by atoms with Gasteiger partial charge in [-0.25, -0.2) is 15.0 Å². The van der Waals surface area contributed by atoms with Crippen LogP contribution in [0.2, 0.25) is 0 Å². The summed E-state index contributed by atoms with van der Waals surface area (Å²) in [6.45, 7) is 24.0. The first kappa shape index (κ1) is 39.9. The number of piperidine rings is 2. The highest BCUT2D eigenvalue weighted by Crippen LogP contribution is 2.52. The summed E-state index contributed by atoms with van der Waals surface area (Å²) in [4.78, 5) is 21.0. The third kappa shape index (κ3) is 9.69. The maximum Gasteiger partial charge on any atom is 0.225 e. The van der Waals surface area contributed by atoms with Crippen LogP contribution in [-0.2, 0) is 5.41 Å². The smallest absolute Gasteiger partial charge is 0.225 e. The van der Waals surface area contributed by atoms with Crippen molar-refractivity contribution >= 4 is 5.95 Å². The average Bonchev–Trinajstić information content (AvgIpc) is 3.14. The number of nitrogens with one attached hydrogen (secondary N) is 1. The van der Waals surface area contributed by atoms with E-state index in [4.69, 9.17) is 25.2 Å². The minimum Gasteiger partial charge on any atom is -0.491 e. The Balaban J connectivity index is 0.000000184. The molecule has 9 heteroatoms. The lowest BCUT2D eigenvalue weighted by atomic mass is 9.62. The van der Waals surface area contributed by atoms with Crippen molar-refractivity contribution in [2.75, 3.05) is 31.1 Å². The number of nitrogens with two attached hydrogens (primary N) is 1. The molecule has 292 valence electrons. The van der Waals surface area contributed by atoms with E-state index in [2.05, 4.69) is 113 Å². The number of allylic oxidation sites excluding steroid dienone is 4. The van der Waals surface area contributed by atoms with Crippen LogP contribution in [0.3, 0.4) is 0 Å². The fourth-order valence-corrected chi connectivity index (χ4v) is 8.24. The van der Waals surface area contributed by atoms with Gasteiger partial charge in [-0.15, -0.1) is 0 Å². The summed E-state index contributed by atoms with van der Waals surface area (Å²) in [5.74, 6) is 3.83. The summed E-state index contributed by atoms with van der Waals surface area (Å²) >= 11 is 0. The van der Waals surface area contributed by atoms with Crippen molar-refractivity contribution in [3.05, 3.63) is 77.4 Å². The minimum absolute atomic E-state index is 0.0148. The number of anilines is 1. The van der Waals surface area contributed by atoms with Gasteiger partial charge in [0.2, 0.25) is 11.8 Å². The van der Waals surface area contributed by atoms with Crippen LogP contribution >= 0.6 is 0 Å². The second-order valence-electron chi connectivity index (χ2n) is 18.2. The van der Waals surface area contributed by atoms with Gasteiger partial charge < -0.3 is 25.4 Å². The number of ether oxygens (including phenoxy) is 2. The SMILES string of the molecule is CC(C)Oc1ccc(-c2ccnc(N3CCC(N)CC3)n2)cc1C(C)(C)C.CC1(C)C=CC(C)(C)C2=C1CCC(c1nccc(OC3CCNCC3)n1)C2. The van der Waals surface area contributed by atoms with E-state index in [1.165, 1.54) is 5.56 Å². The number of rotatable bonds is 7. The molecule has 2 fully saturated rings. The normalized spacial score (nSPS) is 21.7. The molecular formula is C45H65N7O2. The fourth-order valence-electron chi connectivity index (χ4n) is 8.24. The zero-order valence-electron chi connectivity index (χ0n) is 34.4. The first-order valence-corrected chi connectivity index (χ1v) is 20.4. The van der Waals surface area contributed by atoms with E-state index < -0.39 is 0 Å². The predicted octanol–water partition coefficient (Wildman–Crippen LogP) is 8.95. The molecule has 0 bridgehead atoms. The van der Waals surface area contributed by atoms with Gasteiger partial charge in [-0.05, 0) is 102 Å². The predicted molar refractivity (Wildman–Crippen MR) is 220 cm³/mol. The van der Waals surface area contributed by atoms with E-state index in [1.807, 2.05) is 24.5 Å². The van der Waals surface area contributed by atoms with Crippen molar-refractivity contribution in [2.45, 2.75) is 137 Å². The molecule has 9 nitrogen and oxygen atoms in total. The monoisotopic (exact) mass is 736 g/mol. The molecule has 2 aromatic heterocycles. The van der Waals surface area contributed by atoms with Gasteiger partial charge in [0.1, 0.15) is 17.7 Å². The lowest BCUT2D eigenvalue weighted by Gasteiger charge is -2.43. The molecule has 54 heavy (non-hydrogen) atoms. The van der Waals surface area contributed by atoms with E-state index in [0.29, 0.717) is 12.0 Å². The summed E-state index contributed by atoms with van der Waals surface area (Å²) in [5.41, 5.74) is 12.8. The van der Waals surface area contributed by atoms with Crippen LogP contribution in [0.15, 0.2) is 66.0 Å². The summed E-state index contributed by atoms with van der Waals surface area (Å²) < 4.78 is 12.2. The van der Waals surface area contributed by atoms with Crippen molar-refractivity contribution in [3.63, 3.8) is 0 Å². The van der Waals surface area contributed by atoms with Gasteiger partial charge in [-0.3, -0.25) is 0 Å². The molecule has 0 spiro atoms. The highest BCUT2D eigenvalue weighted by molar-refractivity contribution is 5.64. The van der Waals surface area contributed by atoms with Gasteiger partial charge in [0.05, 0.1) is 11.8 Å². The van der Waals surface area contributed by atoms with Crippen molar-refractivity contribution in [1.29, 1.82) is 0 Å². The second kappa shape index (κ2) is 16.5. The van der Waals surface area contributed by atoms with Crippen LogP contribution in [0.5, 0.6) is 11.6 Å². The van der Waals surface area contributed by atoms with Crippen LogP contribution < -0.4 is 25.4 Å². The van der Waals surface area contributed by atoms with Crippen molar-refractivity contribution < 1.29 is 9.47 Å². The third-order valence-electron chi connectivity index (χ3n) is 11.5. The second-order valence-corrected chi connectivity index (χ2v) is 18.2. The lowest BCUT2D eigenvalue weighted by Crippen LogP contribution is -2.40.